The van der Waals surface area contributed by atoms with Gasteiger partial charge in [-0.2, -0.15) is 0 Å². The van der Waals surface area contributed by atoms with E-state index in [4.69, 9.17) is 5.11 Å². The van der Waals surface area contributed by atoms with Gasteiger partial charge in [-0.1, -0.05) is 12.8 Å². The fourth-order valence-electron chi connectivity index (χ4n) is 2.22. The lowest BCUT2D eigenvalue weighted by atomic mass is 10.0. The minimum Gasteiger partial charge on any atom is -0.481 e. The Hall–Kier alpha value is -0.610. The van der Waals surface area contributed by atoms with Crippen LogP contribution < -0.4 is 0 Å². The maximum Gasteiger partial charge on any atom is 0.304 e. The molecule has 1 saturated carbocycles. The molecule has 1 rings (SSSR count). The molecule has 0 heterocycles. The van der Waals surface area contributed by atoms with E-state index < -0.39 is 11.6 Å². The third kappa shape index (κ3) is 3.80. The molecule has 2 N–H and O–H groups in total. The Balaban J connectivity index is 2.39. The van der Waals surface area contributed by atoms with Gasteiger partial charge in [0, 0.05) is 12.6 Å². The monoisotopic (exact) mass is 215 g/mol. The number of aliphatic carboxylic acids is 1. The van der Waals surface area contributed by atoms with Crippen molar-refractivity contribution >= 4 is 5.97 Å². The molecule has 0 amide bonds. The largest absolute Gasteiger partial charge is 0.481 e. The molecular weight excluding hydrogens is 194 g/mol. The lowest BCUT2D eigenvalue weighted by Gasteiger charge is -2.31. The second kappa shape index (κ2) is 4.94. The van der Waals surface area contributed by atoms with E-state index in [1.807, 2.05) is 18.9 Å². The summed E-state index contributed by atoms with van der Waals surface area (Å²) in [6, 6.07) is -0.0212. The molecule has 15 heavy (non-hydrogen) atoms. The van der Waals surface area contributed by atoms with E-state index in [1.54, 1.807) is 0 Å². The van der Waals surface area contributed by atoms with Crippen LogP contribution in [0.4, 0.5) is 0 Å². The van der Waals surface area contributed by atoms with Crippen molar-refractivity contribution < 1.29 is 15.0 Å². The number of carbonyl (C=O) groups is 1. The van der Waals surface area contributed by atoms with E-state index in [2.05, 4.69) is 0 Å². The number of aliphatic hydroxyl groups is 1. The standard InChI is InChI=1S/C11H21NO3/c1-9(7-10(13)14)12(2)8-11(15)5-3-4-6-11/h9,15H,3-8H2,1-2H3,(H,13,14). The van der Waals surface area contributed by atoms with Gasteiger partial charge in [0.1, 0.15) is 0 Å². The second-order valence-corrected chi connectivity index (χ2v) is 4.79. The highest BCUT2D eigenvalue weighted by Crippen LogP contribution is 2.30. The van der Waals surface area contributed by atoms with Crippen molar-refractivity contribution in [2.45, 2.75) is 50.7 Å². The summed E-state index contributed by atoms with van der Waals surface area (Å²) in [6.45, 7) is 2.47. The van der Waals surface area contributed by atoms with E-state index in [0.717, 1.165) is 25.7 Å². The molecule has 0 aromatic rings. The van der Waals surface area contributed by atoms with Gasteiger partial charge >= 0.3 is 5.97 Å². The predicted octanol–water partition coefficient (Wildman–Crippen LogP) is 1.09. The molecular formula is C11H21NO3. The SMILES string of the molecule is CC(CC(=O)O)N(C)CC1(O)CCCC1. The van der Waals surface area contributed by atoms with Gasteiger partial charge < -0.3 is 15.1 Å². The maximum atomic E-state index is 10.5. The average Bonchev–Trinajstić information content (AvgIpc) is 2.50. The lowest BCUT2D eigenvalue weighted by Crippen LogP contribution is -2.43. The number of hydrogen-bond donors (Lipinski definition) is 2. The third-order valence-corrected chi connectivity index (χ3v) is 3.30. The Morgan fingerprint density at radius 3 is 2.47 bits per heavy atom. The smallest absolute Gasteiger partial charge is 0.304 e. The van der Waals surface area contributed by atoms with Gasteiger partial charge in [0.15, 0.2) is 0 Å². The highest BCUT2D eigenvalue weighted by atomic mass is 16.4. The number of likely N-dealkylation sites (N-methyl/N-ethyl adjacent to an activating group) is 1. The van der Waals surface area contributed by atoms with Crippen molar-refractivity contribution in [2.24, 2.45) is 0 Å². The van der Waals surface area contributed by atoms with E-state index in [0.29, 0.717) is 6.54 Å². The van der Waals surface area contributed by atoms with Gasteiger partial charge in [-0.15, -0.1) is 0 Å². The maximum absolute atomic E-state index is 10.5. The van der Waals surface area contributed by atoms with Crippen LogP contribution in [-0.4, -0.2) is 46.3 Å². The Bertz CT molecular complexity index is 224. The van der Waals surface area contributed by atoms with Crippen molar-refractivity contribution in [3.8, 4) is 0 Å². The summed E-state index contributed by atoms with van der Waals surface area (Å²) in [5.74, 6) is -0.784. The van der Waals surface area contributed by atoms with Gasteiger partial charge in [-0.05, 0) is 26.8 Å². The summed E-state index contributed by atoms with van der Waals surface area (Å²) in [4.78, 5) is 12.5. The van der Waals surface area contributed by atoms with Gasteiger partial charge in [-0.25, -0.2) is 0 Å². The van der Waals surface area contributed by atoms with E-state index >= 15 is 0 Å². The molecule has 1 aliphatic carbocycles. The molecule has 0 bridgehead atoms. The Morgan fingerprint density at radius 2 is 2.00 bits per heavy atom. The first kappa shape index (κ1) is 12.5. The van der Waals surface area contributed by atoms with Crippen molar-refractivity contribution in [2.75, 3.05) is 13.6 Å². The minimum atomic E-state index is -0.784. The summed E-state index contributed by atoms with van der Waals surface area (Å²) in [6.07, 6.45) is 3.98. The summed E-state index contributed by atoms with van der Waals surface area (Å²) in [7, 11) is 1.88. The zero-order chi connectivity index (χ0) is 11.5. The van der Waals surface area contributed by atoms with Gasteiger partial charge in [0.05, 0.1) is 12.0 Å². The van der Waals surface area contributed by atoms with Gasteiger partial charge in [-0.3, -0.25) is 4.79 Å². The molecule has 0 saturated heterocycles. The fourth-order valence-corrected chi connectivity index (χ4v) is 2.22. The number of carboxylic acid groups (broad SMARTS) is 1. The number of carboxylic acids is 1. The van der Waals surface area contributed by atoms with Crippen molar-refractivity contribution in [3.05, 3.63) is 0 Å². The molecule has 4 heteroatoms. The van der Waals surface area contributed by atoms with Crippen LogP contribution in [0.2, 0.25) is 0 Å². The normalized spacial score (nSPS) is 21.9. The van der Waals surface area contributed by atoms with Crippen molar-refractivity contribution in [1.82, 2.24) is 4.90 Å². The molecule has 1 atom stereocenters. The molecule has 0 aromatic carbocycles. The lowest BCUT2D eigenvalue weighted by molar-refractivity contribution is -0.138. The van der Waals surface area contributed by atoms with Gasteiger partial charge in [0.2, 0.25) is 0 Å². The second-order valence-electron chi connectivity index (χ2n) is 4.79. The first-order chi connectivity index (χ1) is 6.93. The molecule has 88 valence electrons. The first-order valence-electron chi connectivity index (χ1n) is 5.57. The molecule has 4 nitrogen and oxygen atoms in total. The van der Waals surface area contributed by atoms with E-state index in [1.165, 1.54) is 0 Å². The van der Waals surface area contributed by atoms with E-state index in [-0.39, 0.29) is 12.5 Å². The van der Waals surface area contributed by atoms with Crippen LogP contribution in [0.15, 0.2) is 0 Å². The molecule has 0 aliphatic heterocycles. The highest BCUT2D eigenvalue weighted by molar-refractivity contribution is 5.67. The Kier molecular flexibility index (Phi) is 4.11. The van der Waals surface area contributed by atoms with Crippen molar-refractivity contribution in [3.63, 3.8) is 0 Å². The molecule has 1 aliphatic rings. The van der Waals surface area contributed by atoms with Crippen LogP contribution in [0.3, 0.4) is 0 Å². The van der Waals surface area contributed by atoms with Crippen LogP contribution in [0.25, 0.3) is 0 Å². The summed E-state index contributed by atoms with van der Waals surface area (Å²) < 4.78 is 0. The fraction of sp³-hybridized carbons (Fsp3) is 0.909. The quantitative estimate of drug-likeness (QED) is 0.720. The number of nitrogens with zero attached hydrogens (tertiary/aromatic N) is 1. The van der Waals surface area contributed by atoms with Crippen LogP contribution >= 0.6 is 0 Å². The van der Waals surface area contributed by atoms with Crippen LogP contribution in [0.1, 0.15) is 39.0 Å². The number of hydrogen-bond acceptors (Lipinski definition) is 3. The average molecular weight is 215 g/mol. The molecule has 0 radical (unpaired) electrons. The van der Waals surface area contributed by atoms with Crippen molar-refractivity contribution in [1.29, 1.82) is 0 Å². The molecule has 0 aromatic heterocycles. The Labute approximate surface area is 90.9 Å². The predicted molar refractivity (Wildman–Crippen MR) is 57.8 cm³/mol. The molecule has 1 fully saturated rings. The summed E-state index contributed by atoms with van der Waals surface area (Å²) in [5, 5.41) is 18.8. The summed E-state index contributed by atoms with van der Waals surface area (Å²) >= 11 is 0. The van der Waals surface area contributed by atoms with Crippen LogP contribution in [0, 0.1) is 0 Å². The molecule has 0 spiro atoms. The Morgan fingerprint density at radius 1 is 1.47 bits per heavy atom. The topological polar surface area (TPSA) is 60.8 Å². The van der Waals surface area contributed by atoms with Gasteiger partial charge in [0.25, 0.3) is 0 Å². The zero-order valence-electron chi connectivity index (χ0n) is 9.57. The first-order valence-corrected chi connectivity index (χ1v) is 5.57. The third-order valence-electron chi connectivity index (χ3n) is 3.30. The van der Waals surface area contributed by atoms with Crippen LogP contribution in [0.5, 0.6) is 0 Å². The zero-order valence-corrected chi connectivity index (χ0v) is 9.57. The van der Waals surface area contributed by atoms with Crippen LogP contribution in [-0.2, 0) is 4.79 Å². The van der Waals surface area contributed by atoms with E-state index in [9.17, 15) is 9.90 Å². The number of rotatable bonds is 5. The highest BCUT2D eigenvalue weighted by Gasteiger charge is 2.33. The summed E-state index contributed by atoms with van der Waals surface area (Å²) in [5.41, 5.74) is -0.582. The molecule has 1 unspecified atom stereocenters. The minimum absolute atomic E-state index is 0.0212.